The van der Waals surface area contributed by atoms with Crippen LogP contribution in [0.1, 0.15) is 0 Å². The van der Waals surface area contributed by atoms with E-state index in [1.54, 1.807) is 0 Å². The molecular formula is H2Ni2ORh. The molecule has 4 heavy (non-hydrogen) atoms. The van der Waals surface area contributed by atoms with Crippen molar-refractivity contribution < 1.29 is 57.9 Å². The Labute approximate surface area is 57.8 Å². The predicted molar refractivity (Wildman–Crippen MR) is 3.61 cm³/mol. The maximum atomic E-state index is 0. The van der Waals surface area contributed by atoms with Gasteiger partial charge in [-0.25, -0.2) is 0 Å². The average molecular weight is 238 g/mol. The van der Waals surface area contributed by atoms with E-state index in [1.165, 1.54) is 0 Å². The van der Waals surface area contributed by atoms with Crippen LogP contribution in [0.15, 0.2) is 0 Å². The van der Waals surface area contributed by atoms with E-state index >= 15 is 0 Å². The Hall–Kier alpha value is 1.57. The Morgan fingerprint density at radius 1 is 0.750 bits per heavy atom. The van der Waals surface area contributed by atoms with Crippen molar-refractivity contribution >= 4 is 0 Å². The van der Waals surface area contributed by atoms with Gasteiger partial charge in [0.1, 0.15) is 0 Å². The summed E-state index contributed by atoms with van der Waals surface area (Å²) in [5.41, 5.74) is 0. The van der Waals surface area contributed by atoms with Crippen LogP contribution in [-0.4, -0.2) is 5.48 Å². The molecule has 0 saturated carbocycles. The average Bonchev–Trinajstić information content (AvgIpc) is 0. The van der Waals surface area contributed by atoms with Gasteiger partial charge in [0.2, 0.25) is 0 Å². The molecule has 0 unspecified atom stereocenters. The Bertz CT molecular complexity index is 6.00. The SMILES string of the molecule is O.[Ni].[Ni].[Rh]. The molecule has 0 aliphatic heterocycles. The summed E-state index contributed by atoms with van der Waals surface area (Å²) in [6, 6.07) is 0. The van der Waals surface area contributed by atoms with Crippen LogP contribution in [0, 0.1) is 0 Å². The summed E-state index contributed by atoms with van der Waals surface area (Å²) in [7, 11) is 0. The fourth-order valence-electron chi connectivity index (χ4n) is 0. The van der Waals surface area contributed by atoms with Crippen molar-refractivity contribution in [2.24, 2.45) is 0 Å². The Kier molecular flexibility index (Phi) is 279. The minimum absolute atomic E-state index is 0. The van der Waals surface area contributed by atoms with Crippen molar-refractivity contribution in [2.75, 3.05) is 0 Å². The first-order valence-corrected chi connectivity index (χ1v) is 0. The molecule has 0 rings (SSSR count). The quantitative estimate of drug-likeness (QED) is 0.493. The Morgan fingerprint density at radius 3 is 0.750 bits per heavy atom. The van der Waals surface area contributed by atoms with Crippen LogP contribution in [0.4, 0.5) is 0 Å². The maximum Gasteiger partial charge on any atom is 0 e. The normalized spacial score (nSPS) is 0. The van der Waals surface area contributed by atoms with Crippen molar-refractivity contribution in [3.05, 3.63) is 0 Å². The van der Waals surface area contributed by atoms with Crippen LogP contribution in [0.25, 0.3) is 0 Å². The molecule has 1 nitrogen and oxygen atoms in total. The fraction of sp³-hybridized carbons (Fsp3) is 0. The van der Waals surface area contributed by atoms with Crippen molar-refractivity contribution in [2.45, 2.75) is 0 Å². The molecule has 37 valence electrons. The fourth-order valence-corrected chi connectivity index (χ4v) is 0. The van der Waals surface area contributed by atoms with E-state index < -0.39 is 0 Å². The largest absolute Gasteiger partial charge is 0.412 e. The second kappa shape index (κ2) is 23.6. The van der Waals surface area contributed by atoms with Crippen LogP contribution in [0.3, 0.4) is 0 Å². The zero-order chi connectivity index (χ0) is 0. The molecule has 4 heteroatoms. The standard InChI is InChI=1S/2Ni.H2O.Rh/h;;1H2;. The van der Waals surface area contributed by atoms with Crippen LogP contribution < -0.4 is 0 Å². The van der Waals surface area contributed by atoms with E-state index in [2.05, 4.69) is 0 Å². The van der Waals surface area contributed by atoms with Gasteiger partial charge in [0.15, 0.2) is 0 Å². The summed E-state index contributed by atoms with van der Waals surface area (Å²) in [5, 5.41) is 0. The molecule has 0 aliphatic rings. The topological polar surface area (TPSA) is 31.5 Å². The minimum atomic E-state index is 0. The van der Waals surface area contributed by atoms with Gasteiger partial charge in [0.05, 0.1) is 0 Å². The van der Waals surface area contributed by atoms with E-state index in [0.717, 1.165) is 0 Å². The van der Waals surface area contributed by atoms with Crippen LogP contribution >= 0.6 is 0 Å². The summed E-state index contributed by atoms with van der Waals surface area (Å²) in [6.07, 6.45) is 0. The summed E-state index contributed by atoms with van der Waals surface area (Å²) < 4.78 is 0. The monoisotopic (exact) mass is 237 g/mol. The van der Waals surface area contributed by atoms with Gasteiger partial charge in [0.25, 0.3) is 0 Å². The second-order valence-corrected chi connectivity index (χ2v) is 0. The molecule has 0 atom stereocenters. The van der Waals surface area contributed by atoms with Crippen molar-refractivity contribution in [1.82, 2.24) is 0 Å². The molecule has 0 aromatic heterocycles. The van der Waals surface area contributed by atoms with Crippen molar-refractivity contribution in [3.63, 3.8) is 0 Å². The summed E-state index contributed by atoms with van der Waals surface area (Å²) in [5.74, 6) is 0. The van der Waals surface area contributed by atoms with Gasteiger partial charge in [-0.1, -0.05) is 0 Å². The van der Waals surface area contributed by atoms with Gasteiger partial charge >= 0.3 is 0 Å². The molecular weight excluding hydrogens is 236 g/mol. The molecule has 0 spiro atoms. The second-order valence-electron chi connectivity index (χ2n) is 0. The zero-order valence-corrected chi connectivity index (χ0v) is 5.08. The maximum absolute atomic E-state index is 0. The third-order valence-electron chi connectivity index (χ3n) is 0. The number of hydrogen-bond donors (Lipinski definition) is 0. The molecule has 2 N–H and O–H groups in total. The first kappa shape index (κ1) is 47.2. The summed E-state index contributed by atoms with van der Waals surface area (Å²) in [4.78, 5) is 0. The van der Waals surface area contributed by atoms with Crippen LogP contribution in [-0.2, 0) is 52.5 Å². The Morgan fingerprint density at radius 2 is 0.750 bits per heavy atom. The van der Waals surface area contributed by atoms with Gasteiger partial charge in [-0.05, 0) is 0 Å². The molecule has 1 radical (unpaired) electrons. The smallest absolute Gasteiger partial charge is 0 e. The first-order chi connectivity index (χ1) is 0. The molecule has 0 saturated heterocycles. The Balaban J connectivity index is 0. The van der Waals surface area contributed by atoms with E-state index in [-0.39, 0.29) is 57.9 Å². The van der Waals surface area contributed by atoms with Crippen LogP contribution in [0.5, 0.6) is 0 Å². The predicted octanol–water partition coefficient (Wildman–Crippen LogP) is -0.832. The van der Waals surface area contributed by atoms with Gasteiger partial charge in [-0.2, -0.15) is 0 Å². The number of rotatable bonds is 0. The molecule has 0 aliphatic carbocycles. The van der Waals surface area contributed by atoms with E-state index in [0.29, 0.717) is 0 Å². The van der Waals surface area contributed by atoms with E-state index in [4.69, 9.17) is 0 Å². The van der Waals surface area contributed by atoms with Crippen molar-refractivity contribution in [3.8, 4) is 0 Å². The third kappa shape index (κ3) is 9.57. The van der Waals surface area contributed by atoms with Gasteiger partial charge < -0.3 is 5.48 Å². The summed E-state index contributed by atoms with van der Waals surface area (Å²) in [6.45, 7) is 0. The third-order valence-corrected chi connectivity index (χ3v) is 0. The van der Waals surface area contributed by atoms with Gasteiger partial charge in [0, 0.05) is 52.5 Å². The molecule has 0 fully saturated rings. The summed E-state index contributed by atoms with van der Waals surface area (Å²) >= 11 is 0. The zero-order valence-electron chi connectivity index (χ0n) is 1.47. The number of hydrogen-bond acceptors (Lipinski definition) is 0. The van der Waals surface area contributed by atoms with E-state index in [9.17, 15) is 0 Å². The van der Waals surface area contributed by atoms with E-state index in [1.807, 2.05) is 0 Å². The minimum Gasteiger partial charge on any atom is -0.412 e. The van der Waals surface area contributed by atoms with Gasteiger partial charge in [-0.15, -0.1) is 0 Å². The molecule has 0 amide bonds. The van der Waals surface area contributed by atoms with Crippen LogP contribution in [0.2, 0.25) is 0 Å². The molecule has 0 heterocycles. The van der Waals surface area contributed by atoms with Gasteiger partial charge in [-0.3, -0.25) is 0 Å². The molecule has 0 aromatic carbocycles. The molecule has 0 bridgehead atoms. The first-order valence-electron chi connectivity index (χ1n) is 0. The molecule has 0 aromatic rings. The van der Waals surface area contributed by atoms with Crippen molar-refractivity contribution in [1.29, 1.82) is 0 Å².